The molecule has 0 fully saturated rings. The van der Waals surface area contributed by atoms with Gasteiger partial charge in [0.05, 0.1) is 0 Å². The van der Waals surface area contributed by atoms with E-state index in [4.69, 9.17) is 11.5 Å². The van der Waals surface area contributed by atoms with E-state index in [2.05, 4.69) is 30.6 Å². The SMILES string of the molecule is Nc1n[nH]c(N)c1N=NC1=NN=CC1. The zero-order valence-corrected chi connectivity index (χ0v) is 7.18. The molecule has 1 aliphatic heterocycles. The summed E-state index contributed by atoms with van der Waals surface area (Å²) in [5.74, 6) is 1.02. The average molecular weight is 192 g/mol. The Morgan fingerprint density at radius 3 is 2.79 bits per heavy atom. The monoisotopic (exact) mass is 192 g/mol. The second kappa shape index (κ2) is 3.24. The number of nitrogen functional groups attached to an aromatic ring is 2. The Morgan fingerprint density at radius 1 is 1.36 bits per heavy atom. The van der Waals surface area contributed by atoms with Crippen LogP contribution in [0.1, 0.15) is 6.42 Å². The molecule has 0 amide bonds. The first-order chi connectivity index (χ1) is 6.77. The van der Waals surface area contributed by atoms with Crippen molar-refractivity contribution in [2.24, 2.45) is 20.4 Å². The highest BCUT2D eigenvalue weighted by molar-refractivity contribution is 5.97. The second-order valence-corrected chi connectivity index (χ2v) is 2.59. The van der Waals surface area contributed by atoms with Gasteiger partial charge in [-0.25, -0.2) is 0 Å². The summed E-state index contributed by atoms with van der Waals surface area (Å²) in [6, 6.07) is 0. The van der Waals surface area contributed by atoms with Crippen LogP contribution in [0.25, 0.3) is 0 Å². The van der Waals surface area contributed by atoms with Gasteiger partial charge in [0, 0.05) is 12.6 Å². The summed E-state index contributed by atoms with van der Waals surface area (Å²) in [5.41, 5.74) is 11.3. The highest BCUT2D eigenvalue weighted by atomic mass is 15.3. The number of nitrogens with zero attached hydrogens (tertiary/aromatic N) is 5. The van der Waals surface area contributed by atoms with Crippen molar-refractivity contribution in [3.8, 4) is 0 Å². The number of rotatable bonds is 1. The molecular weight excluding hydrogens is 184 g/mol. The molecule has 8 nitrogen and oxygen atoms in total. The normalized spacial score (nSPS) is 15.3. The summed E-state index contributed by atoms with van der Waals surface area (Å²) in [7, 11) is 0. The Kier molecular flexibility index (Phi) is 1.94. The van der Waals surface area contributed by atoms with Gasteiger partial charge >= 0.3 is 0 Å². The fraction of sp³-hybridized carbons (Fsp3) is 0.167. The van der Waals surface area contributed by atoms with E-state index in [-0.39, 0.29) is 11.6 Å². The number of anilines is 2. The first-order valence-corrected chi connectivity index (χ1v) is 3.87. The maximum Gasteiger partial charge on any atom is 0.178 e. The second-order valence-electron chi connectivity index (χ2n) is 2.59. The van der Waals surface area contributed by atoms with Gasteiger partial charge in [-0.2, -0.15) is 10.2 Å². The summed E-state index contributed by atoms with van der Waals surface area (Å²) >= 11 is 0. The van der Waals surface area contributed by atoms with Gasteiger partial charge in [-0.15, -0.1) is 15.3 Å². The van der Waals surface area contributed by atoms with Crippen LogP contribution < -0.4 is 11.5 Å². The highest BCUT2D eigenvalue weighted by Gasteiger charge is 2.07. The number of aromatic amines is 1. The van der Waals surface area contributed by atoms with Gasteiger partial charge in [0.2, 0.25) is 0 Å². The van der Waals surface area contributed by atoms with E-state index in [0.29, 0.717) is 17.9 Å². The summed E-state index contributed by atoms with van der Waals surface area (Å²) in [6.45, 7) is 0. The lowest BCUT2D eigenvalue weighted by atomic mass is 10.4. The van der Waals surface area contributed by atoms with Crippen LogP contribution >= 0.6 is 0 Å². The van der Waals surface area contributed by atoms with E-state index >= 15 is 0 Å². The molecule has 0 bridgehead atoms. The van der Waals surface area contributed by atoms with Crippen LogP contribution in [0.5, 0.6) is 0 Å². The number of nitrogens with one attached hydrogen (secondary N) is 1. The van der Waals surface area contributed by atoms with Gasteiger partial charge in [0.25, 0.3) is 0 Å². The Labute approximate surface area is 78.8 Å². The van der Waals surface area contributed by atoms with E-state index in [1.54, 1.807) is 6.21 Å². The summed E-state index contributed by atoms with van der Waals surface area (Å²) < 4.78 is 0. The van der Waals surface area contributed by atoms with Crippen LogP contribution in [0, 0.1) is 0 Å². The summed E-state index contributed by atoms with van der Waals surface area (Å²) in [4.78, 5) is 0. The standard InChI is InChI=1S/C6H8N8/c7-5-4(6(8)14-13-5)12-11-3-1-2-9-10-3/h2H,1H2,(H5,7,8,13,14). The molecule has 2 heterocycles. The molecule has 1 aliphatic rings. The lowest BCUT2D eigenvalue weighted by molar-refractivity contribution is 1.11. The zero-order chi connectivity index (χ0) is 9.97. The fourth-order valence-corrected chi connectivity index (χ4v) is 0.909. The van der Waals surface area contributed by atoms with Crippen LogP contribution in [-0.4, -0.2) is 22.2 Å². The Bertz CT molecular complexity index is 406. The molecule has 1 aromatic rings. The predicted octanol–water partition coefficient (Wildman–Crippen LogP) is 0.446. The molecule has 72 valence electrons. The van der Waals surface area contributed by atoms with Crippen molar-refractivity contribution in [2.45, 2.75) is 6.42 Å². The Morgan fingerprint density at radius 2 is 2.21 bits per heavy atom. The molecule has 14 heavy (non-hydrogen) atoms. The number of hydrogen-bond acceptors (Lipinski definition) is 7. The quantitative estimate of drug-likeness (QED) is 0.558. The van der Waals surface area contributed by atoms with Crippen LogP contribution in [0.3, 0.4) is 0 Å². The van der Waals surface area contributed by atoms with Crippen molar-refractivity contribution in [3.05, 3.63) is 0 Å². The molecule has 0 saturated heterocycles. The number of nitrogens with two attached hydrogens (primary N) is 2. The largest absolute Gasteiger partial charge is 0.382 e. The van der Waals surface area contributed by atoms with Crippen LogP contribution in [0.4, 0.5) is 17.3 Å². The molecule has 5 N–H and O–H groups in total. The average Bonchev–Trinajstić information content (AvgIpc) is 2.76. The lowest BCUT2D eigenvalue weighted by Crippen LogP contribution is -1.88. The summed E-state index contributed by atoms with van der Waals surface area (Å²) in [5, 5.41) is 21.1. The number of aromatic nitrogens is 2. The van der Waals surface area contributed by atoms with E-state index in [1.807, 2.05) is 0 Å². The van der Waals surface area contributed by atoms with Crippen molar-refractivity contribution >= 4 is 29.4 Å². The number of azo groups is 1. The predicted molar refractivity (Wildman–Crippen MR) is 52.5 cm³/mol. The van der Waals surface area contributed by atoms with Crippen LogP contribution in [0.2, 0.25) is 0 Å². The molecule has 0 aromatic carbocycles. The van der Waals surface area contributed by atoms with Crippen molar-refractivity contribution in [1.29, 1.82) is 0 Å². The van der Waals surface area contributed by atoms with Gasteiger partial charge in [-0.05, 0) is 0 Å². The smallest absolute Gasteiger partial charge is 0.178 e. The van der Waals surface area contributed by atoms with Crippen LogP contribution in [-0.2, 0) is 0 Å². The van der Waals surface area contributed by atoms with Crippen molar-refractivity contribution in [1.82, 2.24) is 10.2 Å². The number of H-pyrrole nitrogens is 1. The molecule has 0 saturated carbocycles. The highest BCUT2D eigenvalue weighted by Crippen LogP contribution is 2.26. The van der Waals surface area contributed by atoms with Gasteiger partial charge in [-0.3, -0.25) is 5.10 Å². The Balaban J connectivity index is 2.18. The number of hydrogen-bond donors (Lipinski definition) is 3. The van der Waals surface area contributed by atoms with Crippen molar-refractivity contribution in [3.63, 3.8) is 0 Å². The fourth-order valence-electron chi connectivity index (χ4n) is 0.909. The zero-order valence-electron chi connectivity index (χ0n) is 7.18. The van der Waals surface area contributed by atoms with Crippen molar-refractivity contribution in [2.75, 3.05) is 11.5 Å². The number of amidine groups is 1. The molecule has 1 aromatic heterocycles. The first-order valence-electron chi connectivity index (χ1n) is 3.87. The topological polar surface area (TPSA) is 130 Å². The third-order valence-electron chi connectivity index (χ3n) is 1.59. The molecule has 0 aliphatic carbocycles. The van der Waals surface area contributed by atoms with Gasteiger partial charge < -0.3 is 11.5 Å². The molecular formula is C6H8N8. The van der Waals surface area contributed by atoms with Gasteiger partial charge in [0.15, 0.2) is 17.3 Å². The van der Waals surface area contributed by atoms with Crippen LogP contribution in [0.15, 0.2) is 20.4 Å². The Hall–Kier alpha value is -2.25. The molecule has 2 rings (SSSR count). The lowest BCUT2D eigenvalue weighted by Gasteiger charge is -1.89. The third-order valence-corrected chi connectivity index (χ3v) is 1.59. The minimum atomic E-state index is 0.214. The molecule has 0 radical (unpaired) electrons. The van der Waals surface area contributed by atoms with E-state index in [0.717, 1.165) is 0 Å². The summed E-state index contributed by atoms with van der Waals surface area (Å²) in [6.07, 6.45) is 2.21. The van der Waals surface area contributed by atoms with E-state index in [1.165, 1.54) is 0 Å². The minimum absolute atomic E-state index is 0.214. The molecule has 0 spiro atoms. The van der Waals surface area contributed by atoms with E-state index < -0.39 is 0 Å². The molecule has 0 unspecified atom stereocenters. The first kappa shape index (κ1) is 8.35. The van der Waals surface area contributed by atoms with Gasteiger partial charge in [0.1, 0.15) is 5.82 Å². The maximum absolute atomic E-state index is 5.50. The maximum atomic E-state index is 5.50. The van der Waals surface area contributed by atoms with E-state index in [9.17, 15) is 0 Å². The minimum Gasteiger partial charge on any atom is -0.382 e. The molecule has 8 heteroatoms. The van der Waals surface area contributed by atoms with Gasteiger partial charge in [-0.1, -0.05) is 0 Å². The molecule has 0 atom stereocenters. The third kappa shape index (κ3) is 1.44. The van der Waals surface area contributed by atoms with Crippen molar-refractivity contribution < 1.29 is 0 Å².